The second kappa shape index (κ2) is 17.4. The summed E-state index contributed by atoms with van der Waals surface area (Å²) in [6.07, 6.45) is 2.37. The predicted molar refractivity (Wildman–Crippen MR) is 201 cm³/mol. The van der Waals surface area contributed by atoms with Gasteiger partial charge in [-0.05, 0) is 49.1 Å². The number of amides is 7. The molecule has 7 amide bonds. The molecule has 4 aliphatic heterocycles. The van der Waals surface area contributed by atoms with Crippen LogP contribution in [0.5, 0.6) is 0 Å². The summed E-state index contributed by atoms with van der Waals surface area (Å²) in [4.78, 5) is 102. The molecular formula is C40H52N8O7. The monoisotopic (exact) mass is 756 g/mol. The maximum Gasteiger partial charge on any atom is 0.266 e. The van der Waals surface area contributed by atoms with E-state index in [2.05, 4.69) is 21.5 Å². The zero-order valence-electron chi connectivity index (χ0n) is 31.7. The third-order valence-corrected chi connectivity index (χ3v) is 11.4. The molecule has 0 saturated carbocycles. The van der Waals surface area contributed by atoms with Gasteiger partial charge in [-0.2, -0.15) is 0 Å². The minimum Gasteiger partial charge on any atom is -0.342 e. The first kappa shape index (κ1) is 39.4. The maximum atomic E-state index is 14.7. The Labute approximate surface area is 321 Å². The normalized spacial score (nSPS) is 27.9. The van der Waals surface area contributed by atoms with Crippen LogP contribution in [0.2, 0.25) is 0 Å². The van der Waals surface area contributed by atoms with Crippen LogP contribution >= 0.6 is 0 Å². The van der Waals surface area contributed by atoms with E-state index in [0.717, 1.165) is 16.1 Å². The van der Waals surface area contributed by atoms with Crippen LogP contribution in [0.25, 0.3) is 0 Å². The van der Waals surface area contributed by atoms with Crippen LogP contribution in [0.15, 0.2) is 60.7 Å². The van der Waals surface area contributed by atoms with Crippen LogP contribution < -0.4 is 21.5 Å². The van der Waals surface area contributed by atoms with Gasteiger partial charge in [0.05, 0.1) is 0 Å². The molecule has 6 rings (SSSR count). The lowest BCUT2D eigenvalue weighted by molar-refractivity contribution is -0.166. The van der Waals surface area contributed by atoms with Crippen molar-refractivity contribution < 1.29 is 33.6 Å². The summed E-state index contributed by atoms with van der Waals surface area (Å²) in [5.41, 5.74) is 7.21. The number of carbonyl (C=O) groups is 7. The van der Waals surface area contributed by atoms with Gasteiger partial charge in [-0.1, -0.05) is 80.9 Å². The molecule has 2 aromatic rings. The Morgan fingerprint density at radius 1 is 0.691 bits per heavy atom. The van der Waals surface area contributed by atoms with Gasteiger partial charge in [0, 0.05) is 39.4 Å². The molecule has 7 atom stereocenters. The van der Waals surface area contributed by atoms with Gasteiger partial charge in [0.2, 0.25) is 29.5 Å². The van der Waals surface area contributed by atoms with Crippen LogP contribution in [0.1, 0.15) is 69.9 Å². The van der Waals surface area contributed by atoms with Crippen molar-refractivity contribution in [3.63, 3.8) is 0 Å². The Morgan fingerprint density at radius 2 is 1.33 bits per heavy atom. The maximum absolute atomic E-state index is 14.7. The molecule has 0 aromatic heterocycles. The van der Waals surface area contributed by atoms with Gasteiger partial charge in [-0.15, -0.1) is 0 Å². The number of benzene rings is 2. The first-order chi connectivity index (χ1) is 26.5. The van der Waals surface area contributed by atoms with E-state index in [0.29, 0.717) is 32.2 Å². The van der Waals surface area contributed by atoms with Crippen molar-refractivity contribution in [3.8, 4) is 0 Å². The van der Waals surface area contributed by atoms with Gasteiger partial charge < -0.3 is 20.4 Å². The summed E-state index contributed by atoms with van der Waals surface area (Å²) in [5.74, 6) is -4.13. The molecule has 4 N–H and O–H groups in total. The highest BCUT2D eigenvalue weighted by Gasteiger charge is 2.47. The van der Waals surface area contributed by atoms with Crippen LogP contribution in [0.4, 0.5) is 0 Å². The molecule has 4 saturated heterocycles. The molecule has 15 heteroatoms. The Bertz CT molecular complexity index is 1760. The summed E-state index contributed by atoms with van der Waals surface area (Å²) in [6, 6.07) is 12.0. The molecular weight excluding hydrogens is 704 g/mol. The Morgan fingerprint density at radius 3 is 2.00 bits per heavy atom. The summed E-state index contributed by atoms with van der Waals surface area (Å²) < 4.78 is 0. The summed E-state index contributed by atoms with van der Waals surface area (Å²) in [5, 5.41) is 8.09. The van der Waals surface area contributed by atoms with Gasteiger partial charge in [0.25, 0.3) is 11.8 Å². The summed E-state index contributed by atoms with van der Waals surface area (Å²) in [6.45, 7) is 4.35. The molecule has 0 bridgehead atoms. The Hall–Kier alpha value is -5.31. The quantitative estimate of drug-likeness (QED) is 0.335. The standard InChI is InChI=1S/C40H52N8O7/c1-4-25(2)34-40(55)47-30(17-11-21-41-47)39(54)48-31(19-20-33(49)44-48)37(52)45(3)32(24-27-15-9-6-10-16-27)38(53)46-22-12-18-29(46)36(51)42-28(35(50)43-34)23-26-13-7-5-8-14-26/h5-10,13-16,25,28-32,34,41H,4,11-12,17-24H2,1-3H3,(H,42,51)(H,43,50)(H,44,49)/t25-,28+,29-,30+,31-,32+,34-/m0/s1. The minimum atomic E-state index is -1.17. The van der Waals surface area contributed by atoms with E-state index in [1.807, 2.05) is 74.5 Å². The number of likely N-dealkylation sites (N-methyl/N-ethyl adjacent to an activating group) is 1. The van der Waals surface area contributed by atoms with Crippen LogP contribution in [0, 0.1) is 5.92 Å². The van der Waals surface area contributed by atoms with Crippen molar-refractivity contribution in [1.82, 2.24) is 41.3 Å². The highest BCUT2D eigenvalue weighted by molar-refractivity contribution is 5.99. The molecule has 15 nitrogen and oxygen atoms in total. The highest BCUT2D eigenvalue weighted by Crippen LogP contribution is 2.26. The zero-order chi connectivity index (χ0) is 39.2. The largest absolute Gasteiger partial charge is 0.342 e. The lowest BCUT2D eigenvalue weighted by Gasteiger charge is -2.44. The molecule has 55 heavy (non-hydrogen) atoms. The molecule has 294 valence electrons. The molecule has 4 fully saturated rings. The SMILES string of the molecule is CC[C@H](C)[C@@H]1NC(=O)[C@@H](Cc2ccccc2)NC(=O)[C@@H]2CCCN2C(=O)[C@@H](Cc2ccccc2)N(C)C(=O)[C@@H]2CCC(=O)NN2C(=O)[C@H]2CCCNN2C1=O. The highest BCUT2D eigenvalue weighted by atomic mass is 16.2. The number of hydrogen-bond acceptors (Lipinski definition) is 8. The van der Waals surface area contributed by atoms with E-state index < -0.39 is 77.6 Å². The second-order valence-corrected chi connectivity index (χ2v) is 15.0. The summed E-state index contributed by atoms with van der Waals surface area (Å²) >= 11 is 0. The Balaban J connectivity index is 1.44. The zero-order valence-corrected chi connectivity index (χ0v) is 31.7. The van der Waals surface area contributed by atoms with E-state index >= 15 is 0 Å². The van der Waals surface area contributed by atoms with Gasteiger partial charge >= 0.3 is 0 Å². The van der Waals surface area contributed by atoms with Gasteiger partial charge in [-0.25, -0.2) is 10.4 Å². The number of fused-ring (bicyclic) bond motifs is 3. The fourth-order valence-electron chi connectivity index (χ4n) is 7.99. The van der Waals surface area contributed by atoms with Crippen molar-refractivity contribution >= 4 is 41.4 Å². The molecule has 0 radical (unpaired) electrons. The van der Waals surface area contributed by atoms with Crippen molar-refractivity contribution in [3.05, 3.63) is 71.8 Å². The van der Waals surface area contributed by atoms with E-state index in [-0.39, 0.29) is 44.6 Å². The Kier molecular flexibility index (Phi) is 12.5. The number of nitrogens with one attached hydrogen (secondary N) is 4. The average molecular weight is 757 g/mol. The topological polar surface area (TPSA) is 181 Å². The van der Waals surface area contributed by atoms with Gasteiger partial charge in [0.15, 0.2) is 0 Å². The number of carbonyl (C=O) groups excluding carboxylic acids is 7. The van der Waals surface area contributed by atoms with Crippen molar-refractivity contribution in [2.45, 2.75) is 108 Å². The molecule has 0 unspecified atom stereocenters. The van der Waals surface area contributed by atoms with Gasteiger partial charge in [0.1, 0.15) is 36.3 Å². The summed E-state index contributed by atoms with van der Waals surface area (Å²) in [7, 11) is 1.51. The minimum absolute atomic E-state index is 0.00415. The third-order valence-electron chi connectivity index (χ3n) is 11.4. The number of hydrogen-bond donors (Lipinski definition) is 4. The van der Waals surface area contributed by atoms with E-state index in [9.17, 15) is 33.6 Å². The van der Waals surface area contributed by atoms with Crippen LogP contribution in [0.3, 0.4) is 0 Å². The number of nitrogens with zero attached hydrogens (tertiary/aromatic N) is 4. The fraction of sp³-hybridized carbons (Fsp3) is 0.525. The first-order valence-corrected chi connectivity index (χ1v) is 19.4. The first-order valence-electron chi connectivity index (χ1n) is 19.4. The number of hydrazine groups is 2. The number of rotatable bonds is 6. The second-order valence-electron chi connectivity index (χ2n) is 15.0. The van der Waals surface area contributed by atoms with E-state index in [4.69, 9.17) is 0 Å². The average Bonchev–Trinajstić information content (AvgIpc) is 3.71. The van der Waals surface area contributed by atoms with Crippen molar-refractivity contribution in [1.29, 1.82) is 0 Å². The predicted octanol–water partition coefficient (Wildman–Crippen LogP) is 0.837. The van der Waals surface area contributed by atoms with E-state index in [1.54, 1.807) is 0 Å². The van der Waals surface area contributed by atoms with Gasteiger partial charge in [-0.3, -0.25) is 44.0 Å². The van der Waals surface area contributed by atoms with Crippen LogP contribution in [-0.2, 0) is 46.4 Å². The van der Waals surface area contributed by atoms with E-state index in [1.165, 1.54) is 21.9 Å². The molecule has 0 aliphatic carbocycles. The molecule has 4 heterocycles. The lowest BCUT2D eigenvalue weighted by atomic mass is 9.95. The van der Waals surface area contributed by atoms with Crippen molar-refractivity contribution in [2.24, 2.45) is 5.92 Å². The third kappa shape index (κ3) is 8.66. The molecule has 4 aliphatic rings. The fourth-order valence-corrected chi connectivity index (χ4v) is 7.99. The van der Waals surface area contributed by atoms with Crippen LogP contribution in [-0.4, -0.2) is 118 Å². The molecule has 0 spiro atoms. The smallest absolute Gasteiger partial charge is 0.266 e. The lowest BCUT2D eigenvalue weighted by Crippen LogP contribution is -2.69. The molecule has 2 aromatic carbocycles. The van der Waals surface area contributed by atoms with Crippen molar-refractivity contribution in [2.75, 3.05) is 20.1 Å².